The molecule has 0 bridgehead atoms. The van der Waals surface area contributed by atoms with Crippen molar-refractivity contribution in [3.8, 4) is 5.75 Å². The SMILES string of the molecule is CCCOc1ccc(C(C)c2c(C)nn(C(C)C)c2C(C)=O)cc1. The van der Waals surface area contributed by atoms with Crippen molar-refractivity contribution in [2.24, 2.45) is 0 Å². The lowest BCUT2D eigenvalue weighted by atomic mass is 9.90. The maximum Gasteiger partial charge on any atom is 0.178 e. The van der Waals surface area contributed by atoms with Crippen LogP contribution in [0.15, 0.2) is 24.3 Å². The Kier molecular flexibility index (Phi) is 5.81. The number of hydrogen-bond donors (Lipinski definition) is 0. The van der Waals surface area contributed by atoms with Crippen LogP contribution in [0.2, 0.25) is 0 Å². The zero-order chi connectivity index (χ0) is 17.9. The predicted molar refractivity (Wildman–Crippen MR) is 97.1 cm³/mol. The molecule has 1 heterocycles. The molecule has 1 aromatic heterocycles. The van der Waals surface area contributed by atoms with Crippen molar-refractivity contribution in [2.75, 3.05) is 6.61 Å². The highest BCUT2D eigenvalue weighted by Crippen LogP contribution is 2.32. The summed E-state index contributed by atoms with van der Waals surface area (Å²) in [6.07, 6.45) is 0.994. The number of hydrogen-bond acceptors (Lipinski definition) is 3. The average molecular weight is 328 g/mol. The minimum atomic E-state index is 0.0639. The Balaban J connectivity index is 2.39. The second-order valence-electron chi connectivity index (χ2n) is 6.58. The Labute approximate surface area is 144 Å². The molecule has 1 unspecified atom stereocenters. The maximum atomic E-state index is 12.2. The molecule has 4 nitrogen and oxygen atoms in total. The van der Waals surface area contributed by atoms with E-state index in [-0.39, 0.29) is 17.7 Å². The summed E-state index contributed by atoms with van der Waals surface area (Å²) in [4.78, 5) is 12.2. The topological polar surface area (TPSA) is 44.1 Å². The minimum Gasteiger partial charge on any atom is -0.494 e. The van der Waals surface area contributed by atoms with Gasteiger partial charge in [0, 0.05) is 24.4 Å². The monoisotopic (exact) mass is 328 g/mol. The zero-order valence-electron chi connectivity index (χ0n) is 15.6. The number of carbonyl (C=O) groups is 1. The number of carbonyl (C=O) groups excluding carboxylic acids is 1. The molecule has 0 radical (unpaired) electrons. The average Bonchev–Trinajstić information content (AvgIpc) is 2.90. The largest absolute Gasteiger partial charge is 0.494 e. The summed E-state index contributed by atoms with van der Waals surface area (Å²) in [6, 6.07) is 8.31. The molecule has 130 valence electrons. The van der Waals surface area contributed by atoms with E-state index in [4.69, 9.17) is 4.74 Å². The fourth-order valence-electron chi connectivity index (χ4n) is 3.04. The van der Waals surface area contributed by atoms with Crippen LogP contribution in [-0.2, 0) is 0 Å². The second kappa shape index (κ2) is 7.65. The van der Waals surface area contributed by atoms with Crippen molar-refractivity contribution in [1.29, 1.82) is 0 Å². The Hall–Kier alpha value is -2.10. The molecule has 0 aliphatic rings. The van der Waals surface area contributed by atoms with Crippen LogP contribution in [0, 0.1) is 6.92 Å². The molecule has 0 saturated heterocycles. The summed E-state index contributed by atoms with van der Waals surface area (Å²) in [5.74, 6) is 1.06. The fraction of sp³-hybridized carbons (Fsp3) is 0.500. The van der Waals surface area contributed by atoms with Crippen molar-refractivity contribution in [2.45, 2.75) is 59.9 Å². The van der Waals surface area contributed by atoms with Crippen molar-refractivity contribution in [3.63, 3.8) is 0 Å². The highest BCUT2D eigenvalue weighted by atomic mass is 16.5. The van der Waals surface area contributed by atoms with E-state index in [0.29, 0.717) is 0 Å². The summed E-state index contributed by atoms with van der Waals surface area (Å²) in [5.41, 5.74) is 3.83. The fourth-order valence-corrected chi connectivity index (χ4v) is 3.04. The summed E-state index contributed by atoms with van der Waals surface area (Å²) in [5, 5.41) is 4.61. The summed E-state index contributed by atoms with van der Waals surface area (Å²) in [7, 11) is 0. The number of nitrogens with zero attached hydrogens (tertiary/aromatic N) is 2. The second-order valence-corrected chi connectivity index (χ2v) is 6.58. The molecule has 24 heavy (non-hydrogen) atoms. The molecule has 1 aromatic carbocycles. The molecule has 2 rings (SSSR count). The van der Waals surface area contributed by atoms with Crippen LogP contribution >= 0.6 is 0 Å². The normalized spacial score (nSPS) is 12.5. The first kappa shape index (κ1) is 18.2. The van der Waals surface area contributed by atoms with E-state index in [9.17, 15) is 4.79 Å². The number of benzene rings is 1. The molecule has 0 aliphatic carbocycles. The van der Waals surface area contributed by atoms with E-state index in [1.54, 1.807) is 6.92 Å². The molecular weight excluding hydrogens is 300 g/mol. The van der Waals surface area contributed by atoms with Gasteiger partial charge in [0.05, 0.1) is 12.3 Å². The molecule has 1 atom stereocenters. The lowest BCUT2D eigenvalue weighted by molar-refractivity contribution is 0.1000. The van der Waals surface area contributed by atoms with Crippen LogP contribution in [0.5, 0.6) is 5.75 Å². The first-order valence-corrected chi connectivity index (χ1v) is 8.69. The Morgan fingerprint density at radius 1 is 1.21 bits per heavy atom. The van der Waals surface area contributed by atoms with E-state index < -0.39 is 0 Å². The number of rotatable bonds is 7. The van der Waals surface area contributed by atoms with Crippen LogP contribution in [0.4, 0.5) is 0 Å². The Bertz CT molecular complexity index is 699. The summed E-state index contributed by atoms with van der Waals surface area (Å²) in [6.45, 7) is 12.6. The van der Waals surface area contributed by atoms with Crippen molar-refractivity contribution in [1.82, 2.24) is 9.78 Å². The molecular formula is C20H28N2O2. The van der Waals surface area contributed by atoms with E-state index in [1.807, 2.05) is 37.6 Å². The van der Waals surface area contributed by atoms with Crippen molar-refractivity contribution >= 4 is 5.78 Å². The predicted octanol–water partition coefficient (Wildman–Crippen LogP) is 4.92. The van der Waals surface area contributed by atoms with Gasteiger partial charge in [-0.2, -0.15) is 5.10 Å². The highest BCUT2D eigenvalue weighted by molar-refractivity contribution is 5.94. The third kappa shape index (κ3) is 3.69. The minimum absolute atomic E-state index is 0.0639. The van der Waals surface area contributed by atoms with Crippen LogP contribution in [0.25, 0.3) is 0 Å². The van der Waals surface area contributed by atoms with Crippen LogP contribution in [-0.4, -0.2) is 22.2 Å². The van der Waals surface area contributed by atoms with Gasteiger partial charge in [-0.05, 0) is 44.9 Å². The van der Waals surface area contributed by atoms with Gasteiger partial charge in [-0.15, -0.1) is 0 Å². The summed E-state index contributed by atoms with van der Waals surface area (Å²) >= 11 is 0. The first-order valence-electron chi connectivity index (χ1n) is 8.69. The lowest BCUT2D eigenvalue weighted by Crippen LogP contribution is -2.13. The van der Waals surface area contributed by atoms with Gasteiger partial charge in [-0.25, -0.2) is 0 Å². The standard InChI is InChI=1S/C20H28N2O2/c1-7-12-24-18-10-8-17(9-11-18)14(4)19-15(5)21-22(13(2)3)20(19)16(6)23/h8-11,13-14H,7,12H2,1-6H3. The van der Waals surface area contributed by atoms with Gasteiger partial charge in [0.25, 0.3) is 0 Å². The van der Waals surface area contributed by atoms with E-state index >= 15 is 0 Å². The zero-order valence-corrected chi connectivity index (χ0v) is 15.6. The third-order valence-electron chi connectivity index (χ3n) is 4.24. The molecule has 0 aliphatic heterocycles. The molecule has 0 N–H and O–H groups in total. The van der Waals surface area contributed by atoms with Gasteiger partial charge in [-0.3, -0.25) is 9.48 Å². The molecule has 0 spiro atoms. The molecule has 4 heteroatoms. The van der Waals surface area contributed by atoms with E-state index in [1.165, 1.54) is 0 Å². The van der Waals surface area contributed by atoms with Gasteiger partial charge in [0.1, 0.15) is 11.4 Å². The van der Waals surface area contributed by atoms with Crippen LogP contribution in [0.3, 0.4) is 0 Å². The van der Waals surface area contributed by atoms with Crippen LogP contribution in [0.1, 0.15) is 80.3 Å². The number of ether oxygens (including phenoxy) is 1. The number of aryl methyl sites for hydroxylation is 1. The summed E-state index contributed by atoms with van der Waals surface area (Å²) < 4.78 is 7.50. The van der Waals surface area contributed by atoms with Crippen LogP contribution < -0.4 is 4.74 Å². The Morgan fingerprint density at radius 2 is 1.83 bits per heavy atom. The molecule has 0 amide bonds. The van der Waals surface area contributed by atoms with E-state index in [2.05, 4.69) is 31.1 Å². The molecule has 0 saturated carbocycles. The molecule has 2 aromatic rings. The lowest BCUT2D eigenvalue weighted by Gasteiger charge is -2.16. The van der Waals surface area contributed by atoms with Crippen molar-refractivity contribution in [3.05, 3.63) is 46.8 Å². The Morgan fingerprint density at radius 3 is 2.33 bits per heavy atom. The third-order valence-corrected chi connectivity index (χ3v) is 4.24. The smallest absolute Gasteiger partial charge is 0.178 e. The quantitative estimate of drug-likeness (QED) is 0.678. The van der Waals surface area contributed by atoms with Gasteiger partial charge >= 0.3 is 0 Å². The van der Waals surface area contributed by atoms with Crippen molar-refractivity contribution < 1.29 is 9.53 Å². The van der Waals surface area contributed by atoms with E-state index in [0.717, 1.165) is 41.3 Å². The van der Waals surface area contributed by atoms with Gasteiger partial charge in [-0.1, -0.05) is 26.0 Å². The molecule has 0 fully saturated rings. The maximum absolute atomic E-state index is 12.2. The van der Waals surface area contributed by atoms with Gasteiger partial charge < -0.3 is 4.74 Å². The highest BCUT2D eigenvalue weighted by Gasteiger charge is 2.25. The number of Topliss-reactive ketones (excluding diaryl/α,β-unsaturated/α-hetero) is 1. The van der Waals surface area contributed by atoms with Gasteiger partial charge in [0.2, 0.25) is 0 Å². The first-order chi connectivity index (χ1) is 11.4. The van der Waals surface area contributed by atoms with Gasteiger partial charge in [0.15, 0.2) is 5.78 Å². The number of aromatic nitrogens is 2. The number of ketones is 1.